The fraction of sp³-hybridized carbons (Fsp3) is 0.389. The van der Waals surface area contributed by atoms with E-state index in [9.17, 15) is 4.79 Å². The number of nitrogens with one attached hydrogen (secondary N) is 1. The molecular formula is C18H20N3O2+. The van der Waals surface area contributed by atoms with E-state index < -0.39 is 0 Å². The third-order valence-electron chi connectivity index (χ3n) is 4.63. The summed E-state index contributed by atoms with van der Waals surface area (Å²) >= 11 is 0. The third kappa shape index (κ3) is 2.46. The lowest BCUT2D eigenvalue weighted by Crippen LogP contribution is -2.84. The minimum Gasteiger partial charge on any atom is -0.469 e. The van der Waals surface area contributed by atoms with Crippen molar-refractivity contribution in [2.24, 2.45) is 10.9 Å². The van der Waals surface area contributed by atoms with Gasteiger partial charge in [-0.3, -0.25) is 14.7 Å². The molecule has 118 valence electrons. The van der Waals surface area contributed by atoms with Crippen molar-refractivity contribution in [2.75, 3.05) is 6.54 Å². The second kappa shape index (κ2) is 5.65. The SMILES string of the molecule is CC1C=CCC=CC2C1=[NH+]CC1=NC(Cc3ccco3)C(=O)N12. The van der Waals surface area contributed by atoms with Gasteiger partial charge in [0.15, 0.2) is 18.1 Å². The van der Waals surface area contributed by atoms with Crippen LogP contribution in [0.2, 0.25) is 0 Å². The van der Waals surface area contributed by atoms with Crippen molar-refractivity contribution in [3.63, 3.8) is 0 Å². The molecule has 0 spiro atoms. The number of amidine groups is 1. The molecule has 0 radical (unpaired) electrons. The van der Waals surface area contributed by atoms with E-state index in [2.05, 4.69) is 41.2 Å². The van der Waals surface area contributed by atoms with Crippen molar-refractivity contribution >= 4 is 17.5 Å². The number of hydrogen-bond donors (Lipinski definition) is 1. The van der Waals surface area contributed by atoms with E-state index in [1.54, 1.807) is 6.26 Å². The molecule has 0 bridgehead atoms. The van der Waals surface area contributed by atoms with Crippen LogP contribution in [0.25, 0.3) is 0 Å². The standard InChI is InChI=1S/C18H19N3O2/c1-12-6-3-2-4-8-15-17(12)19-11-16-20-14(18(22)21(15)16)10-13-7-5-9-23-13/h3-9,12,14-15H,2,10-11H2,1H3/p+1. The first-order valence-corrected chi connectivity index (χ1v) is 8.10. The summed E-state index contributed by atoms with van der Waals surface area (Å²) in [4.78, 5) is 22.9. The molecule has 0 aromatic carbocycles. The van der Waals surface area contributed by atoms with Crippen LogP contribution in [-0.2, 0) is 11.2 Å². The van der Waals surface area contributed by atoms with Crippen LogP contribution in [0.15, 0.2) is 52.1 Å². The predicted octanol–water partition coefficient (Wildman–Crippen LogP) is 0.487. The number of amides is 1. The summed E-state index contributed by atoms with van der Waals surface area (Å²) in [6, 6.07) is 3.32. The molecule has 3 unspecified atom stereocenters. The molecular weight excluding hydrogens is 290 g/mol. The second-order valence-corrected chi connectivity index (χ2v) is 6.19. The normalized spacial score (nSPS) is 29.5. The van der Waals surface area contributed by atoms with Crippen LogP contribution in [0, 0.1) is 5.92 Å². The smallest absolute Gasteiger partial charge is 0.254 e. The molecule has 3 aliphatic rings. The first-order chi connectivity index (χ1) is 11.2. The molecule has 5 nitrogen and oxygen atoms in total. The molecule has 1 aromatic heterocycles. The van der Waals surface area contributed by atoms with Gasteiger partial charge >= 0.3 is 0 Å². The maximum atomic E-state index is 12.9. The molecule has 1 amide bonds. The summed E-state index contributed by atoms with van der Waals surface area (Å²) in [7, 11) is 0. The van der Waals surface area contributed by atoms with E-state index in [0.29, 0.717) is 18.9 Å². The number of nitrogens with zero attached hydrogens (tertiary/aromatic N) is 2. The highest BCUT2D eigenvalue weighted by Gasteiger charge is 2.45. The van der Waals surface area contributed by atoms with Gasteiger partial charge in [-0.15, -0.1) is 0 Å². The Labute approximate surface area is 135 Å². The molecule has 0 saturated heterocycles. The summed E-state index contributed by atoms with van der Waals surface area (Å²) in [6.45, 7) is 2.77. The largest absolute Gasteiger partial charge is 0.469 e. The Hall–Kier alpha value is -2.43. The van der Waals surface area contributed by atoms with Gasteiger partial charge in [0.1, 0.15) is 17.8 Å². The number of carbonyl (C=O) groups excluding carboxylic acids is 1. The van der Waals surface area contributed by atoms with Crippen LogP contribution < -0.4 is 4.99 Å². The topological polar surface area (TPSA) is 59.8 Å². The highest BCUT2D eigenvalue weighted by atomic mass is 16.3. The van der Waals surface area contributed by atoms with Gasteiger partial charge < -0.3 is 4.42 Å². The average Bonchev–Trinajstić information content (AvgIpc) is 3.14. The third-order valence-corrected chi connectivity index (χ3v) is 4.63. The van der Waals surface area contributed by atoms with Gasteiger partial charge in [0.05, 0.1) is 12.2 Å². The lowest BCUT2D eigenvalue weighted by Gasteiger charge is -2.30. The highest BCUT2D eigenvalue weighted by molar-refractivity contribution is 6.11. The van der Waals surface area contributed by atoms with Gasteiger partial charge in [0.25, 0.3) is 5.91 Å². The Morgan fingerprint density at radius 2 is 2.26 bits per heavy atom. The van der Waals surface area contributed by atoms with E-state index in [1.807, 2.05) is 17.0 Å². The fourth-order valence-corrected chi connectivity index (χ4v) is 3.48. The summed E-state index contributed by atoms with van der Waals surface area (Å²) in [5.74, 6) is 2.00. The number of furan rings is 1. The van der Waals surface area contributed by atoms with Crippen molar-refractivity contribution in [2.45, 2.75) is 31.8 Å². The summed E-state index contributed by atoms with van der Waals surface area (Å²) in [5.41, 5.74) is 1.17. The van der Waals surface area contributed by atoms with Gasteiger partial charge in [-0.25, -0.2) is 4.99 Å². The van der Waals surface area contributed by atoms with Crippen molar-refractivity contribution in [3.05, 3.63) is 48.5 Å². The lowest BCUT2D eigenvalue weighted by molar-refractivity contribution is -0.448. The average molecular weight is 310 g/mol. The van der Waals surface area contributed by atoms with Crippen molar-refractivity contribution in [3.8, 4) is 0 Å². The number of allylic oxidation sites excluding steroid dienone is 3. The summed E-state index contributed by atoms with van der Waals surface area (Å²) in [5, 5.41) is 0. The number of aliphatic imine (C=N–C) groups is 1. The monoisotopic (exact) mass is 310 g/mol. The molecule has 23 heavy (non-hydrogen) atoms. The van der Waals surface area contributed by atoms with Crippen LogP contribution in [0.1, 0.15) is 19.1 Å². The Bertz CT molecular complexity index is 727. The van der Waals surface area contributed by atoms with Crippen molar-refractivity contribution < 1.29 is 14.2 Å². The zero-order chi connectivity index (χ0) is 15.8. The Morgan fingerprint density at radius 3 is 3.09 bits per heavy atom. The first kappa shape index (κ1) is 14.2. The Balaban J connectivity index is 1.63. The van der Waals surface area contributed by atoms with Gasteiger partial charge in [-0.1, -0.05) is 24.3 Å². The van der Waals surface area contributed by atoms with Crippen LogP contribution in [-0.4, -0.2) is 41.0 Å². The first-order valence-electron chi connectivity index (χ1n) is 8.10. The molecule has 0 fully saturated rings. The van der Waals surface area contributed by atoms with E-state index in [1.165, 1.54) is 5.71 Å². The second-order valence-electron chi connectivity index (χ2n) is 6.19. The molecule has 5 heteroatoms. The quantitative estimate of drug-likeness (QED) is 0.808. The molecule has 3 heterocycles. The zero-order valence-corrected chi connectivity index (χ0v) is 13.1. The van der Waals surface area contributed by atoms with Gasteiger partial charge in [-0.2, -0.15) is 0 Å². The molecule has 1 aliphatic carbocycles. The van der Waals surface area contributed by atoms with Gasteiger partial charge in [0, 0.05) is 6.42 Å². The zero-order valence-electron chi connectivity index (χ0n) is 13.1. The maximum absolute atomic E-state index is 12.9. The van der Waals surface area contributed by atoms with E-state index in [-0.39, 0.29) is 18.0 Å². The number of rotatable bonds is 2. The van der Waals surface area contributed by atoms with Gasteiger partial charge in [0.2, 0.25) is 0 Å². The molecule has 1 aromatic rings. The van der Waals surface area contributed by atoms with Crippen LogP contribution in [0.4, 0.5) is 0 Å². The molecule has 4 rings (SSSR count). The molecule has 2 aliphatic heterocycles. The van der Waals surface area contributed by atoms with Crippen LogP contribution >= 0.6 is 0 Å². The van der Waals surface area contributed by atoms with Crippen molar-refractivity contribution in [1.82, 2.24) is 4.90 Å². The van der Waals surface area contributed by atoms with Gasteiger partial charge in [-0.05, 0) is 25.5 Å². The summed E-state index contributed by atoms with van der Waals surface area (Å²) in [6.07, 6.45) is 11.7. The lowest BCUT2D eigenvalue weighted by atomic mass is 9.92. The van der Waals surface area contributed by atoms with Crippen LogP contribution in [0.3, 0.4) is 0 Å². The molecule has 1 N–H and O–H groups in total. The highest BCUT2D eigenvalue weighted by Crippen LogP contribution is 2.23. The summed E-state index contributed by atoms with van der Waals surface area (Å²) < 4.78 is 5.37. The van der Waals surface area contributed by atoms with Crippen molar-refractivity contribution in [1.29, 1.82) is 0 Å². The van der Waals surface area contributed by atoms with E-state index in [0.717, 1.165) is 18.0 Å². The Morgan fingerprint density at radius 1 is 1.39 bits per heavy atom. The van der Waals surface area contributed by atoms with E-state index in [4.69, 9.17) is 4.42 Å². The number of fused-ring (bicyclic) bond motifs is 3. The maximum Gasteiger partial charge on any atom is 0.254 e. The predicted molar refractivity (Wildman–Crippen MR) is 87.2 cm³/mol. The molecule has 3 atom stereocenters. The molecule has 0 saturated carbocycles. The number of hydrogen-bond acceptors (Lipinski definition) is 3. The van der Waals surface area contributed by atoms with E-state index >= 15 is 0 Å². The van der Waals surface area contributed by atoms with Crippen LogP contribution in [0.5, 0.6) is 0 Å². The number of carbonyl (C=O) groups is 1. The minimum atomic E-state index is -0.373. The fourth-order valence-electron chi connectivity index (χ4n) is 3.48. The Kier molecular flexibility index (Phi) is 3.48. The minimum absolute atomic E-state index is 0.0449.